The number of anilines is 1. The first kappa shape index (κ1) is 21.2. The van der Waals surface area contributed by atoms with Crippen LogP contribution in [0.25, 0.3) is 0 Å². The summed E-state index contributed by atoms with van der Waals surface area (Å²) in [5.41, 5.74) is 1.22. The van der Waals surface area contributed by atoms with Crippen molar-refractivity contribution in [3.63, 3.8) is 0 Å². The van der Waals surface area contributed by atoms with Gasteiger partial charge >= 0.3 is 0 Å². The molecule has 0 saturated heterocycles. The van der Waals surface area contributed by atoms with Crippen LogP contribution in [0.1, 0.15) is 25.3 Å². The van der Waals surface area contributed by atoms with Gasteiger partial charge in [-0.2, -0.15) is 0 Å². The first-order valence-electron chi connectivity index (χ1n) is 8.59. The maximum atomic E-state index is 4.62. The number of rotatable bonds is 9. The molecule has 0 bridgehead atoms. The fourth-order valence-corrected chi connectivity index (χ4v) is 2.24. The topological polar surface area (TPSA) is 61.3 Å². The quantitative estimate of drug-likeness (QED) is 0.235. The molecule has 2 rings (SSSR count). The van der Waals surface area contributed by atoms with Gasteiger partial charge in [0.15, 0.2) is 5.96 Å². The number of nitrogens with zero attached hydrogens (tertiary/aromatic N) is 2. The Hall–Kier alpha value is -1.83. The van der Waals surface area contributed by atoms with E-state index in [4.69, 9.17) is 0 Å². The molecule has 0 unspecified atom stereocenters. The highest BCUT2D eigenvalue weighted by atomic mass is 127. The summed E-state index contributed by atoms with van der Waals surface area (Å²) in [6, 6.07) is 16.2. The van der Waals surface area contributed by atoms with Crippen LogP contribution >= 0.6 is 24.0 Å². The second-order valence-electron chi connectivity index (χ2n) is 5.46. The average Bonchev–Trinajstić information content (AvgIpc) is 2.64. The lowest BCUT2D eigenvalue weighted by atomic mass is 10.2. The summed E-state index contributed by atoms with van der Waals surface area (Å²) in [6.45, 7) is 5.47. The van der Waals surface area contributed by atoms with E-state index in [1.165, 1.54) is 5.56 Å². The van der Waals surface area contributed by atoms with Crippen molar-refractivity contribution in [1.82, 2.24) is 15.6 Å². The number of guanidine groups is 1. The summed E-state index contributed by atoms with van der Waals surface area (Å²) in [6.07, 6.45) is 3.97. The average molecular weight is 453 g/mol. The Morgan fingerprint density at radius 1 is 0.960 bits per heavy atom. The van der Waals surface area contributed by atoms with Crippen molar-refractivity contribution in [3.8, 4) is 0 Å². The number of benzene rings is 1. The van der Waals surface area contributed by atoms with Gasteiger partial charge in [0.05, 0.1) is 6.54 Å². The first-order valence-corrected chi connectivity index (χ1v) is 8.59. The van der Waals surface area contributed by atoms with Gasteiger partial charge in [-0.1, -0.05) is 36.4 Å². The standard InChI is InChI=1S/C19H27N5.HI/c1-2-20-19(24-16-17-10-4-3-5-11-17)23-15-9-8-14-22-18-12-6-7-13-21-18;/h3-7,10-13H,2,8-9,14-16H2,1H3,(H,21,22)(H2,20,23,24);1H. The van der Waals surface area contributed by atoms with Crippen molar-refractivity contribution >= 4 is 35.8 Å². The summed E-state index contributed by atoms with van der Waals surface area (Å²) in [4.78, 5) is 8.86. The van der Waals surface area contributed by atoms with Gasteiger partial charge in [-0.25, -0.2) is 9.98 Å². The highest BCUT2D eigenvalue weighted by Gasteiger charge is 1.97. The van der Waals surface area contributed by atoms with E-state index in [1.807, 2.05) is 36.4 Å². The molecule has 0 spiro atoms. The first-order chi connectivity index (χ1) is 11.9. The normalized spacial score (nSPS) is 10.7. The number of unbranched alkanes of at least 4 members (excludes halogenated alkanes) is 1. The van der Waals surface area contributed by atoms with Crippen molar-refractivity contribution in [2.45, 2.75) is 26.3 Å². The molecule has 1 heterocycles. The Labute approximate surface area is 167 Å². The van der Waals surface area contributed by atoms with Gasteiger partial charge < -0.3 is 16.0 Å². The number of aliphatic imine (C=N–C) groups is 1. The van der Waals surface area contributed by atoms with Crippen LogP contribution < -0.4 is 16.0 Å². The predicted molar refractivity (Wildman–Crippen MR) is 117 cm³/mol. The SMILES string of the molecule is CCNC(=NCc1ccccc1)NCCCCNc1ccccn1.I. The maximum Gasteiger partial charge on any atom is 0.191 e. The van der Waals surface area contributed by atoms with Gasteiger partial charge in [0.2, 0.25) is 0 Å². The third kappa shape index (κ3) is 9.28. The molecule has 136 valence electrons. The second-order valence-corrected chi connectivity index (χ2v) is 5.46. The summed E-state index contributed by atoms with van der Waals surface area (Å²) in [7, 11) is 0. The van der Waals surface area contributed by atoms with Crippen LogP contribution in [0.2, 0.25) is 0 Å². The van der Waals surface area contributed by atoms with Crippen molar-refractivity contribution in [3.05, 3.63) is 60.3 Å². The zero-order valence-electron chi connectivity index (χ0n) is 14.7. The second kappa shape index (κ2) is 13.5. The molecule has 3 N–H and O–H groups in total. The summed E-state index contributed by atoms with van der Waals surface area (Å²) in [5.74, 6) is 1.81. The van der Waals surface area contributed by atoms with Crippen LogP contribution in [0.4, 0.5) is 5.82 Å². The summed E-state index contributed by atoms with van der Waals surface area (Å²) in [5, 5.41) is 9.99. The minimum absolute atomic E-state index is 0. The number of halogens is 1. The maximum absolute atomic E-state index is 4.62. The number of nitrogens with one attached hydrogen (secondary N) is 3. The smallest absolute Gasteiger partial charge is 0.191 e. The molecule has 0 aliphatic carbocycles. The molecule has 0 amide bonds. The van der Waals surface area contributed by atoms with E-state index in [0.29, 0.717) is 6.54 Å². The molecule has 0 aliphatic heterocycles. The zero-order valence-corrected chi connectivity index (χ0v) is 17.1. The molecule has 0 aliphatic rings. The Bertz CT molecular complexity index is 589. The third-order valence-corrected chi connectivity index (χ3v) is 3.47. The third-order valence-electron chi connectivity index (χ3n) is 3.47. The van der Waals surface area contributed by atoms with Crippen LogP contribution in [-0.4, -0.2) is 30.6 Å². The van der Waals surface area contributed by atoms with E-state index in [-0.39, 0.29) is 24.0 Å². The molecule has 0 atom stereocenters. The lowest BCUT2D eigenvalue weighted by Gasteiger charge is -2.11. The minimum Gasteiger partial charge on any atom is -0.370 e. The lowest BCUT2D eigenvalue weighted by Crippen LogP contribution is -2.37. The van der Waals surface area contributed by atoms with E-state index < -0.39 is 0 Å². The molecule has 0 radical (unpaired) electrons. The summed E-state index contributed by atoms with van der Waals surface area (Å²) >= 11 is 0. The molecular weight excluding hydrogens is 425 g/mol. The highest BCUT2D eigenvalue weighted by Crippen LogP contribution is 2.01. The Balaban J connectivity index is 0.00000312. The van der Waals surface area contributed by atoms with Gasteiger partial charge in [-0.3, -0.25) is 0 Å². The molecule has 1 aromatic carbocycles. The van der Waals surface area contributed by atoms with Crippen LogP contribution in [0, 0.1) is 0 Å². The Morgan fingerprint density at radius 3 is 2.44 bits per heavy atom. The minimum atomic E-state index is 0. The lowest BCUT2D eigenvalue weighted by molar-refractivity contribution is 0.712. The number of aromatic nitrogens is 1. The molecule has 2 aromatic rings. The monoisotopic (exact) mass is 453 g/mol. The van der Waals surface area contributed by atoms with Crippen molar-refractivity contribution in [2.24, 2.45) is 4.99 Å². The highest BCUT2D eigenvalue weighted by molar-refractivity contribution is 14.0. The Morgan fingerprint density at radius 2 is 1.72 bits per heavy atom. The molecule has 25 heavy (non-hydrogen) atoms. The predicted octanol–water partition coefficient (Wildman–Crippen LogP) is 3.65. The van der Waals surface area contributed by atoms with E-state index in [1.54, 1.807) is 6.20 Å². The van der Waals surface area contributed by atoms with Gasteiger partial charge in [0, 0.05) is 25.8 Å². The summed E-state index contributed by atoms with van der Waals surface area (Å²) < 4.78 is 0. The molecule has 0 fully saturated rings. The molecule has 0 saturated carbocycles. The van der Waals surface area contributed by atoms with E-state index in [0.717, 1.165) is 44.3 Å². The van der Waals surface area contributed by atoms with Gasteiger partial charge in [-0.05, 0) is 37.5 Å². The molecule has 6 heteroatoms. The number of hydrogen-bond acceptors (Lipinski definition) is 3. The van der Waals surface area contributed by atoms with Crippen LogP contribution in [0.15, 0.2) is 59.7 Å². The fraction of sp³-hybridized carbons (Fsp3) is 0.368. The van der Waals surface area contributed by atoms with Crippen molar-refractivity contribution in [1.29, 1.82) is 0 Å². The van der Waals surface area contributed by atoms with Crippen LogP contribution in [0.5, 0.6) is 0 Å². The molecule has 1 aromatic heterocycles. The van der Waals surface area contributed by atoms with Gasteiger partial charge in [-0.15, -0.1) is 24.0 Å². The van der Waals surface area contributed by atoms with Crippen LogP contribution in [-0.2, 0) is 6.54 Å². The molecular formula is C19H28IN5. The largest absolute Gasteiger partial charge is 0.370 e. The van der Waals surface area contributed by atoms with Crippen molar-refractivity contribution < 1.29 is 0 Å². The van der Waals surface area contributed by atoms with Gasteiger partial charge in [0.25, 0.3) is 0 Å². The molecule has 5 nitrogen and oxygen atoms in total. The van der Waals surface area contributed by atoms with Crippen molar-refractivity contribution in [2.75, 3.05) is 25.0 Å². The number of hydrogen-bond donors (Lipinski definition) is 3. The van der Waals surface area contributed by atoms with E-state index in [2.05, 4.69) is 45.0 Å². The number of pyridine rings is 1. The van der Waals surface area contributed by atoms with E-state index in [9.17, 15) is 0 Å². The van der Waals surface area contributed by atoms with Crippen LogP contribution in [0.3, 0.4) is 0 Å². The van der Waals surface area contributed by atoms with Gasteiger partial charge in [0.1, 0.15) is 5.82 Å². The van der Waals surface area contributed by atoms with E-state index >= 15 is 0 Å². The Kier molecular flexibility index (Phi) is 11.4. The fourth-order valence-electron chi connectivity index (χ4n) is 2.24. The zero-order chi connectivity index (χ0) is 16.9.